The molecule has 0 aliphatic carbocycles. The first-order valence-corrected chi connectivity index (χ1v) is 5.04. The third kappa shape index (κ3) is 2.62. The quantitative estimate of drug-likeness (QED) is 0.714. The largest absolute Gasteiger partial charge is 0.493 e. The molecule has 0 saturated carbocycles. The zero-order valence-electron chi connectivity index (χ0n) is 9.53. The molecule has 0 amide bonds. The van der Waals surface area contributed by atoms with E-state index in [1.165, 1.54) is 13.0 Å². The van der Waals surface area contributed by atoms with Crippen LogP contribution in [0.15, 0.2) is 15.3 Å². The van der Waals surface area contributed by atoms with Gasteiger partial charge in [-0.05, 0) is 20.8 Å². The number of carbonyl (C=O) groups is 1. The lowest BCUT2D eigenvalue weighted by atomic mass is 10.2. The summed E-state index contributed by atoms with van der Waals surface area (Å²) in [5.74, 6) is -0.129. The van der Waals surface area contributed by atoms with E-state index < -0.39 is 5.63 Å². The van der Waals surface area contributed by atoms with E-state index in [0.29, 0.717) is 13.2 Å². The van der Waals surface area contributed by atoms with Gasteiger partial charge in [0.2, 0.25) is 0 Å². The van der Waals surface area contributed by atoms with E-state index in [0.717, 1.165) is 0 Å². The molecule has 0 unspecified atom stereocenters. The number of carbonyl (C=O) groups excluding carboxylic acids is 1. The van der Waals surface area contributed by atoms with Gasteiger partial charge in [-0.3, -0.25) is 4.79 Å². The van der Waals surface area contributed by atoms with Crippen LogP contribution in [0, 0.1) is 0 Å². The minimum absolute atomic E-state index is 0.0564. The molecule has 16 heavy (non-hydrogen) atoms. The predicted molar refractivity (Wildman–Crippen MR) is 57.3 cm³/mol. The lowest BCUT2D eigenvalue weighted by molar-refractivity contribution is 0.100. The first-order chi connectivity index (χ1) is 7.60. The third-order valence-corrected chi connectivity index (χ3v) is 1.83. The number of hydrogen-bond acceptors (Lipinski definition) is 5. The topological polar surface area (TPSA) is 65.7 Å². The summed E-state index contributed by atoms with van der Waals surface area (Å²) in [7, 11) is 0. The monoisotopic (exact) mass is 226 g/mol. The summed E-state index contributed by atoms with van der Waals surface area (Å²) in [6.07, 6.45) is 0. The van der Waals surface area contributed by atoms with Gasteiger partial charge < -0.3 is 13.9 Å². The van der Waals surface area contributed by atoms with Crippen molar-refractivity contribution in [1.82, 2.24) is 0 Å². The Balaban J connectivity index is 3.27. The third-order valence-electron chi connectivity index (χ3n) is 1.83. The standard InChI is InChI=1S/C11H14O5/c1-4-14-8-6-9(15-5-2)16-11(13)10(8)7(3)12/h6H,4-5H2,1-3H3. The Bertz CT molecular complexity index is 432. The van der Waals surface area contributed by atoms with E-state index in [9.17, 15) is 9.59 Å². The van der Waals surface area contributed by atoms with Crippen LogP contribution in [0.4, 0.5) is 0 Å². The number of hydrogen-bond donors (Lipinski definition) is 0. The molecule has 0 fully saturated rings. The van der Waals surface area contributed by atoms with Crippen molar-refractivity contribution in [3.8, 4) is 11.7 Å². The summed E-state index contributed by atoms with van der Waals surface area (Å²) in [4.78, 5) is 22.8. The molecule has 5 nitrogen and oxygen atoms in total. The minimum Gasteiger partial charge on any atom is -0.493 e. The highest BCUT2D eigenvalue weighted by molar-refractivity contribution is 5.96. The average molecular weight is 226 g/mol. The van der Waals surface area contributed by atoms with Gasteiger partial charge in [-0.2, -0.15) is 0 Å². The highest BCUT2D eigenvalue weighted by Gasteiger charge is 2.17. The van der Waals surface area contributed by atoms with Crippen molar-refractivity contribution in [3.05, 3.63) is 22.0 Å². The predicted octanol–water partition coefficient (Wildman–Crippen LogP) is 1.64. The summed E-state index contributed by atoms with van der Waals surface area (Å²) < 4.78 is 15.1. The highest BCUT2D eigenvalue weighted by Crippen LogP contribution is 2.22. The maximum absolute atomic E-state index is 11.5. The molecule has 5 heteroatoms. The highest BCUT2D eigenvalue weighted by atomic mass is 16.6. The van der Waals surface area contributed by atoms with Gasteiger partial charge in [0.25, 0.3) is 5.95 Å². The first kappa shape index (κ1) is 12.3. The van der Waals surface area contributed by atoms with Gasteiger partial charge >= 0.3 is 5.63 Å². The summed E-state index contributed by atoms with van der Waals surface area (Å²) >= 11 is 0. The molecular formula is C11H14O5. The summed E-state index contributed by atoms with van der Waals surface area (Å²) in [6.45, 7) is 5.54. The zero-order chi connectivity index (χ0) is 12.1. The van der Waals surface area contributed by atoms with Crippen molar-refractivity contribution in [1.29, 1.82) is 0 Å². The molecular weight excluding hydrogens is 212 g/mol. The fourth-order valence-electron chi connectivity index (χ4n) is 1.25. The van der Waals surface area contributed by atoms with Crippen LogP contribution in [-0.2, 0) is 0 Å². The summed E-state index contributed by atoms with van der Waals surface area (Å²) in [5, 5.41) is 0. The van der Waals surface area contributed by atoms with Crippen LogP contribution in [-0.4, -0.2) is 19.0 Å². The molecule has 0 bridgehead atoms. The van der Waals surface area contributed by atoms with E-state index in [2.05, 4.69) is 0 Å². The number of Topliss-reactive ketones (excluding diaryl/α,β-unsaturated/α-hetero) is 1. The maximum Gasteiger partial charge on any atom is 0.353 e. The van der Waals surface area contributed by atoms with Crippen LogP contribution in [0.25, 0.3) is 0 Å². The lowest BCUT2D eigenvalue weighted by Crippen LogP contribution is -2.15. The fourth-order valence-corrected chi connectivity index (χ4v) is 1.25. The molecule has 0 atom stereocenters. The van der Waals surface area contributed by atoms with E-state index in [4.69, 9.17) is 13.9 Å². The smallest absolute Gasteiger partial charge is 0.353 e. The van der Waals surface area contributed by atoms with E-state index in [1.54, 1.807) is 13.8 Å². The van der Waals surface area contributed by atoms with Gasteiger partial charge in [-0.15, -0.1) is 0 Å². The van der Waals surface area contributed by atoms with Gasteiger partial charge in [0.15, 0.2) is 5.78 Å². The Hall–Kier alpha value is -1.78. The SMILES string of the molecule is CCOc1cc(OCC)c(C(C)=O)c(=O)o1. The number of rotatable bonds is 5. The molecule has 1 rings (SSSR count). The number of ether oxygens (including phenoxy) is 2. The molecule has 0 saturated heterocycles. The van der Waals surface area contributed by atoms with Gasteiger partial charge in [0, 0.05) is 0 Å². The molecule has 0 aromatic carbocycles. The van der Waals surface area contributed by atoms with Crippen molar-refractivity contribution in [2.24, 2.45) is 0 Å². The second kappa shape index (κ2) is 5.34. The van der Waals surface area contributed by atoms with Crippen molar-refractivity contribution >= 4 is 5.78 Å². The Morgan fingerprint density at radius 1 is 1.31 bits per heavy atom. The lowest BCUT2D eigenvalue weighted by Gasteiger charge is -2.08. The zero-order valence-corrected chi connectivity index (χ0v) is 9.53. The molecule has 88 valence electrons. The van der Waals surface area contributed by atoms with Gasteiger partial charge in [0.05, 0.1) is 19.3 Å². The molecule has 0 radical (unpaired) electrons. The Labute approximate surface area is 93.0 Å². The summed E-state index contributed by atoms with van der Waals surface area (Å²) in [5.41, 5.74) is -0.813. The van der Waals surface area contributed by atoms with Crippen molar-refractivity contribution in [2.45, 2.75) is 20.8 Å². The Kier molecular flexibility index (Phi) is 4.10. The van der Waals surface area contributed by atoms with Gasteiger partial charge in [-0.25, -0.2) is 4.79 Å². The molecule has 0 N–H and O–H groups in total. The fraction of sp³-hybridized carbons (Fsp3) is 0.455. The molecule has 1 aromatic rings. The molecule has 0 spiro atoms. The van der Waals surface area contributed by atoms with E-state index >= 15 is 0 Å². The van der Waals surface area contributed by atoms with Crippen LogP contribution >= 0.6 is 0 Å². The number of ketones is 1. The van der Waals surface area contributed by atoms with Gasteiger partial charge in [0.1, 0.15) is 11.3 Å². The molecule has 1 aromatic heterocycles. The Morgan fingerprint density at radius 2 is 1.94 bits per heavy atom. The van der Waals surface area contributed by atoms with E-state index in [1.807, 2.05) is 0 Å². The van der Waals surface area contributed by atoms with Gasteiger partial charge in [-0.1, -0.05) is 0 Å². The summed E-state index contributed by atoms with van der Waals surface area (Å²) in [6, 6.07) is 1.41. The average Bonchev–Trinajstić information content (AvgIpc) is 2.17. The van der Waals surface area contributed by atoms with Crippen molar-refractivity contribution in [3.63, 3.8) is 0 Å². The molecule has 0 aliphatic heterocycles. The second-order valence-corrected chi connectivity index (χ2v) is 3.01. The van der Waals surface area contributed by atoms with Crippen LogP contribution in [0.5, 0.6) is 11.7 Å². The van der Waals surface area contributed by atoms with Crippen LogP contribution in [0.1, 0.15) is 31.1 Å². The van der Waals surface area contributed by atoms with Crippen LogP contribution in [0.2, 0.25) is 0 Å². The normalized spacial score (nSPS) is 9.94. The van der Waals surface area contributed by atoms with Crippen molar-refractivity contribution in [2.75, 3.05) is 13.2 Å². The maximum atomic E-state index is 11.5. The second-order valence-electron chi connectivity index (χ2n) is 3.01. The minimum atomic E-state index is -0.734. The van der Waals surface area contributed by atoms with E-state index in [-0.39, 0.29) is 23.0 Å². The van der Waals surface area contributed by atoms with Crippen LogP contribution < -0.4 is 15.1 Å². The first-order valence-electron chi connectivity index (χ1n) is 5.04. The molecule has 1 heterocycles. The molecule has 0 aliphatic rings. The van der Waals surface area contributed by atoms with Crippen molar-refractivity contribution < 1.29 is 18.7 Å². The van der Waals surface area contributed by atoms with Crippen LogP contribution in [0.3, 0.4) is 0 Å². The Morgan fingerprint density at radius 3 is 2.44 bits per heavy atom.